The van der Waals surface area contributed by atoms with Gasteiger partial charge in [0.15, 0.2) is 0 Å². The van der Waals surface area contributed by atoms with Crippen LogP contribution in [0.4, 0.5) is 5.69 Å². The molecule has 3 rings (SSSR count). The highest BCUT2D eigenvalue weighted by Gasteiger charge is 2.29. The molecule has 0 radical (unpaired) electrons. The molecule has 0 spiro atoms. The van der Waals surface area contributed by atoms with E-state index in [0.29, 0.717) is 32.0 Å². The van der Waals surface area contributed by atoms with Crippen molar-refractivity contribution >= 4 is 17.5 Å². The van der Waals surface area contributed by atoms with Crippen molar-refractivity contribution in [3.05, 3.63) is 29.3 Å². The van der Waals surface area contributed by atoms with Crippen LogP contribution in [0.3, 0.4) is 0 Å². The van der Waals surface area contributed by atoms with Gasteiger partial charge in [-0.1, -0.05) is 18.6 Å². The molecule has 1 aromatic rings. The van der Waals surface area contributed by atoms with Crippen LogP contribution in [0.2, 0.25) is 0 Å². The predicted octanol–water partition coefficient (Wildman–Crippen LogP) is 1.90. The fraction of sp³-hybridized carbons (Fsp3) is 0.619. The second-order valence-corrected chi connectivity index (χ2v) is 8.01. The summed E-state index contributed by atoms with van der Waals surface area (Å²) in [5.41, 5.74) is 9.24. The van der Waals surface area contributed by atoms with Gasteiger partial charge in [-0.2, -0.15) is 0 Å². The Morgan fingerprint density at radius 1 is 1.15 bits per heavy atom. The lowest BCUT2D eigenvalue weighted by Gasteiger charge is -2.35. The molecular weight excluding hydrogens is 340 g/mol. The number of carbonyl (C=O) groups is 2. The third kappa shape index (κ3) is 5.08. The Balaban J connectivity index is 1.43. The summed E-state index contributed by atoms with van der Waals surface area (Å²) >= 11 is 0. The van der Waals surface area contributed by atoms with Crippen molar-refractivity contribution in [3.8, 4) is 0 Å². The smallest absolute Gasteiger partial charge is 0.238 e. The van der Waals surface area contributed by atoms with E-state index in [1.807, 2.05) is 36.9 Å². The van der Waals surface area contributed by atoms with Gasteiger partial charge in [0.2, 0.25) is 11.8 Å². The Morgan fingerprint density at radius 3 is 2.56 bits per heavy atom. The lowest BCUT2D eigenvalue weighted by molar-refractivity contribution is -0.134. The van der Waals surface area contributed by atoms with Crippen LogP contribution < -0.4 is 11.1 Å². The fourth-order valence-electron chi connectivity index (χ4n) is 4.11. The van der Waals surface area contributed by atoms with E-state index in [4.69, 9.17) is 5.73 Å². The highest BCUT2D eigenvalue weighted by atomic mass is 16.2. The lowest BCUT2D eigenvalue weighted by Crippen LogP contribution is -2.51. The minimum atomic E-state index is 0.000376. The molecule has 0 aromatic heterocycles. The maximum Gasteiger partial charge on any atom is 0.238 e. The van der Waals surface area contributed by atoms with Crippen molar-refractivity contribution in [2.24, 2.45) is 11.7 Å². The van der Waals surface area contributed by atoms with E-state index in [0.717, 1.165) is 43.6 Å². The van der Waals surface area contributed by atoms with Crippen molar-refractivity contribution in [1.29, 1.82) is 0 Å². The first-order chi connectivity index (χ1) is 12.9. The first kappa shape index (κ1) is 19.8. The zero-order valence-corrected chi connectivity index (χ0v) is 16.5. The normalized spacial score (nSPS) is 23.4. The van der Waals surface area contributed by atoms with Gasteiger partial charge in [0.25, 0.3) is 0 Å². The number of carbonyl (C=O) groups excluding carboxylic acids is 2. The molecule has 6 heteroatoms. The molecule has 148 valence electrons. The Morgan fingerprint density at radius 2 is 1.89 bits per heavy atom. The maximum atomic E-state index is 12.5. The minimum absolute atomic E-state index is 0.000376. The van der Waals surface area contributed by atoms with Crippen LogP contribution in [0, 0.1) is 19.8 Å². The van der Waals surface area contributed by atoms with Gasteiger partial charge in [-0.3, -0.25) is 14.5 Å². The van der Waals surface area contributed by atoms with E-state index in [2.05, 4.69) is 10.2 Å². The number of amides is 2. The second-order valence-electron chi connectivity index (χ2n) is 8.01. The largest absolute Gasteiger partial charge is 0.340 e. The van der Waals surface area contributed by atoms with E-state index in [1.54, 1.807) is 0 Å². The summed E-state index contributed by atoms with van der Waals surface area (Å²) in [5.74, 6) is 0.566. The molecule has 1 aromatic carbocycles. The first-order valence-electron chi connectivity index (χ1n) is 10.1. The van der Waals surface area contributed by atoms with Crippen LogP contribution in [0.5, 0.6) is 0 Å². The van der Waals surface area contributed by atoms with Crippen molar-refractivity contribution < 1.29 is 9.59 Å². The van der Waals surface area contributed by atoms with Gasteiger partial charge in [-0.05, 0) is 49.8 Å². The fourth-order valence-corrected chi connectivity index (χ4v) is 4.11. The second kappa shape index (κ2) is 8.85. The summed E-state index contributed by atoms with van der Waals surface area (Å²) in [4.78, 5) is 28.9. The molecule has 1 saturated carbocycles. The lowest BCUT2D eigenvalue weighted by atomic mass is 9.99. The quantitative estimate of drug-likeness (QED) is 0.827. The average molecular weight is 373 g/mol. The Labute approximate surface area is 162 Å². The Kier molecular flexibility index (Phi) is 6.50. The van der Waals surface area contributed by atoms with Crippen LogP contribution in [0.15, 0.2) is 18.2 Å². The Hall–Kier alpha value is -1.92. The molecule has 1 saturated heterocycles. The number of rotatable bonds is 5. The molecule has 0 unspecified atom stereocenters. The summed E-state index contributed by atoms with van der Waals surface area (Å²) in [5, 5.41) is 3.01. The van der Waals surface area contributed by atoms with Gasteiger partial charge in [0.05, 0.1) is 6.54 Å². The topological polar surface area (TPSA) is 78.7 Å². The number of nitrogens with two attached hydrogens (primary N) is 1. The zero-order chi connectivity index (χ0) is 19.4. The van der Waals surface area contributed by atoms with Gasteiger partial charge < -0.3 is 16.0 Å². The molecule has 2 fully saturated rings. The van der Waals surface area contributed by atoms with Crippen molar-refractivity contribution in [3.63, 3.8) is 0 Å². The summed E-state index contributed by atoms with van der Waals surface area (Å²) < 4.78 is 0. The number of hydrogen-bond acceptors (Lipinski definition) is 4. The first-order valence-corrected chi connectivity index (χ1v) is 10.1. The number of aryl methyl sites for hydroxylation is 1. The van der Waals surface area contributed by atoms with Crippen LogP contribution >= 0.6 is 0 Å². The summed E-state index contributed by atoms with van der Waals surface area (Å²) in [7, 11) is 0. The summed E-state index contributed by atoms with van der Waals surface area (Å²) in [6.07, 6.45) is 3.84. The Bertz CT molecular complexity index is 683. The van der Waals surface area contributed by atoms with Gasteiger partial charge >= 0.3 is 0 Å². The SMILES string of the molecule is Cc1cccc(NC(=O)CN2CCN(C(=O)C[C@@H]3CCC[C@H]3N)CC2)c1C. The van der Waals surface area contributed by atoms with E-state index in [-0.39, 0.29) is 17.9 Å². The van der Waals surface area contributed by atoms with Crippen LogP contribution in [0.1, 0.15) is 36.8 Å². The standard InChI is InChI=1S/C21H32N4O2/c1-15-5-3-8-19(16(15)2)23-20(26)14-24-9-11-25(12-10-24)21(27)13-17-6-4-7-18(17)22/h3,5,8,17-18H,4,6-7,9-14,22H2,1-2H3,(H,23,26)/t17-,18+/m0/s1. The van der Waals surface area contributed by atoms with E-state index < -0.39 is 0 Å². The molecule has 6 nitrogen and oxygen atoms in total. The maximum absolute atomic E-state index is 12.5. The van der Waals surface area contributed by atoms with Crippen molar-refractivity contribution in [2.75, 3.05) is 38.0 Å². The molecule has 2 atom stereocenters. The van der Waals surface area contributed by atoms with Crippen molar-refractivity contribution in [1.82, 2.24) is 9.80 Å². The number of anilines is 1. The number of piperazine rings is 1. The molecular formula is C21H32N4O2. The molecule has 27 heavy (non-hydrogen) atoms. The monoisotopic (exact) mass is 372 g/mol. The molecule has 1 heterocycles. The third-order valence-corrected chi connectivity index (χ3v) is 6.13. The summed E-state index contributed by atoms with van der Waals surface area (Å²) in [6.45, 7) is 7.29. The number of nitrogens with one attached hydrogen (secondary N) is 1. The number of hydrogen-bond donors (Lipinski definition) is 2. The minimum Gasteiger partial charge on any atom is -0.340 e. The number of benzene rings is 1. The average Bonchev–Trinajstić information content (AvgIpc) is 3.04. The molecule has 0 bridgehead atoms. The predicted molar refractivity (Wildman–Crippen MR) is 107 cm³/mol. The zero-order valence-electron chi connectivity index (χ0n) is 16.5. The highest BCUT2D eigenvalue weighted by molar-refractivity contribution is 5.93. The van der Waals surface area contributed by atoms with E-state index in [1.165, 1.54) is 5.56 Å². The van der Waals surface area contributed by atoms with E-state index in [9.17, 15) is 9.59 Å². The third-order valence-electron chi connectivity index (χ3n) is 6.13. The van der Waals surface area contributed by atoms with Gasteiger partial charge in [-0.15, -0.1) is 0 Å². The molecule has 3 N–H and O–H groups in total. The number of nitrogens with zero attached hydrogens (tertiary/aromatic N) is 2. The molecule has 1 aliphatic heterocycles. The van der Waals surface area contributed by atoms with Gasteiger partial charge in [0, 0.05) is 44.3 Å². The van der Waals surface area contributed by atoms with Crippen molar-refractivity contribution in [2.45, 2.75) is 45.6 Å². The molecule has 2 amide bonds. The van der Waals surface area contributed by atoms with E-state index >= 15 is 0 Å². The molecule has 1 aliphatic carbocycles. The molecule has 2 aliphatic rings. The summed E-state index contributed by atoms with van der Waals surface area (Å²) in [6, 6.07) is 6.12. The van der Waals surface area contributed by atoms with Gasteiger partial charge in [-0.25, -0.2) is 0 Å². The highest BCUT2D eigenvalue weighted by Crippen LogP contribution is 2.27. The van der Waals surface area contributed by atoms with Crippen LogP contribution in [-0.2, 0) is 9.59 Å². The van der Waals surface area contributed by atoms with Crippen LogP contribution in [0.25, 0.3) is 0 Å². The van der Waals surface area contributed by atoms with Gasteiger partial charge in [0.1, 0.15) is 0 Å². The van der Waals surface area contributed by atoms with Crippen LogP contribution in [-0.4, -0.2) is 60.4 Å².